The quantitative estimate of drug-likeness (QED) is 0.517. The number of aromatic nitrogens is 1. The minimum absolute atomic E-state index is 0.0721. The minimum atomic E-state index is -3.63. The molecular weight excluding hydrogens is 454 g/mol. The number of hydrogen-bond donors (Lipinski definition) is 2. The molecular formula is C21H23N3O4S3. The second kappa shape index (κ2) is 9.58. The second-order valence-corrected chi connectivity index (χ2v) is 11.2. The Morgan fingerprint density at radius 2 is 2.03 bits per heavy atom. The molecule has 1 atom stereocenters. The number of carbonyl (C=O) groups excluding carboxylic acids is 1. The fourth-order valence-electron chi connectivity index (χ4n) is 3.23. The highest BCUT2D eigenvalue weighted by molar-refractivity contribution is 7.89. The Balaban J connectivity index is 1.32. The van der Waals surface area contributed by atoms with Gasteiger partial charge in [0, 0.05) is 29.0 Å². The Labute approximate surface area is 189 Å². The number of aryl methyl sites for hydroxylation is 1. The van der Waals surface area contributed by atoms with Gasteiger partial charge in [0.15, 0.2) is 0 Å². The van der Waals surface area contributed by atoms with Gasteiger partial charge >= 0.3 is 0 Å². The summed E-state index contributed by atoms with van der Waals surface area (Å²) in [6.07, 6.45) is 1.74. The Morgan fingerprint density at radius 1 is 1.23 bits per heavy atom. The predicted octanol–water partition coefficient (Wildman–Crippen LogP) is 3.57. The van der Waals surface area contributed by atoms with Crippen LogP contribution in [0.2, 0.25) is 0 Å². The Kier molecular flexibility index (Phi) is 6.83. The molecule has 2 N–H and O–H groups in total. The van der Waals surface area contributed by atoms with Crippen molar-refractivity contribution in [1.29, 1.82) is 0 Å². The van der Waals surface area contributed by atoms with Crippen LogP contribution in [0.15, 0.2) is 46.7 Å². The SMILES string of the molecule is Cc1nc(-c2ccc(CNC(=O)c3ccc(S(=O)(=O)NC[C@@H]4CCCO4)cc3)s2)cs1. The van der Waals surface area contributed by atoms with E-state index < -0.39 is 10.0 Å². The average molecular weight is 478 g/mol. The molecule has 1 fully saturated rings. The van der Waals surface area contributed by atoms with Crippen LogP contribution in [-0.4, -0.2) is 38.6 Å². The number of benzene rings is 1. The highest BCUT2D eigenvalue weighted by Gasteiger charge is 2.20. The first kappa shape index (κ1) is 22.1. The lowest BCUT2D eigenvalue weighted by atomic mass is 10.2. The monoisotopic (exact) mass is 477 g/mol. The van der Waals surface area contributed by atoms with Gasteiger partial charge in [-0.2, -0.15) is 0 Å². The standard InChI is InChI=1S/C21H23N3O4S3/c1-14-24-19(13-29-14)20-9-6-17(30-20)12-22-21(25)15-4-7-18(8-5-15)31(26,27)23-11-16-3-2-10-28-16/h4-9,13,16,23H,2-3,10-12H2,1H3,(H,22,25)/t16-/m0/s1. The molecule has 1 amide bonds. The summed E-state index contributed by atoms with van der Waals surface area (Å²) in [6, 6.07) is 9.91. The molecule has 2 aromatic heterocycles. The zero-order valence-electron chi connectivity index (χ0n) is 17.0. The third-order valence-corrected chi connectivity index (χ3v) is 8.23. The van der Waals surface area contributed by atoms with Gasteiger partial charge in [-0.15, -0.1) is 22.7 Å². The summed E-state index contributed by atoms with van der Waals surface area (Å²) in [5.41, 5.74) is 1.36. The molecule has 164 valence electrons. The van der Waals surface area contributed by atoms with Gasteiger partial charge in [0.2, 0.25) is 10.0 Å². The van der Waals surface area contributed by atoms with Crippen LogP contribution in [0, 0.1) is 6.92 Å². The maximum atomic E-state index is 12.5. The lowest BCUT2D eigenvalue weighted by Gasteiger charge is -2.11. The Bertz CT molecular complexity index is 1150. The smallest absolute Gasteiger partial charge is 0.251 e. The molecule has 1 aromatic carbocycles. The molecule has 0 saturated carbocycles. The van der Waals surface area contributed by atoms with Gasteiger partial charge in [-0.25, -0.2) is 18.1 Å². The lowest BCUT2D eigenvalue weighted by Crippen LogP contribution is -2.31. The molecule has 31 heavy (non-hydrogen) atoms. The Hall–Kier alpha value is -2.11. The zero-order chi connectivity index (χ0) is 21.8. The first-order valence-electron chi connectivity index (χ1n) is 9.91. The number of ether oxygens (including phenoxy) is 1. The molecule has 1 aliphatic heterocycles. The number of rotatable bonds is 8. The van der Waals surface area contributed by atoms with Gasteiger partial charge in [0.05, 0.1) is 33.1 Å². The molecule has 0 bridgehead atoms. The number of amides is 1. The van der Waals surface area contributed by atoms with Gasteiger partial charge in [0.1, 0.15) is 0 Å². The largest absolute Gasteiger partial charge is 0.377 e. The van der Waals surface area contributed by atoms with Gasteiger partial charge in [-0.1, -0.05) is 0 Å². The van der Waals surface area contributed by atoms with E-state index in [1.807, 2.05) is 24.4 Å². The molecule has 3 aromatic rings. The summed E-state index contributed by atoms with van der Waals surface area (Å²) in [5, 5.41) is 5.92. The normalized spacial score (nSPS) is 16.5. The van der Waals surface area contributed by atoms with E-state index >= 15 is 0 Å². The van der Waals surface area contributed by atoms with E-state index in [1.165, 1.54) is 24.3 Å². The Morgan fingerprint density at radius 3 is 2.71 bits per heavy atom. The van der Waals surface area contributed by atoms with Gasteiger partial charge in [0.25, 0.3) is 5.91 Å². The maximum absolute atomic E-state index is 12.5. The van der Waals surface area contributed by atoms with Crippen LogP contribution in [0.4, 0.5) is 0 Å². The van der Waals surface area contributed by atoms with Crippen molar-refractivity contribution < 1.29 is 17.9 Å². The van der Waals surface area contributed by atoms with E-state index in [-0.39, 0.29) is 23.5 Å². The van der Waals surface area contributed by atoms with Crippen LogP contribution in [0.25, 0.3) is 10.6 Å². The molecule has 7 nitrogen and oxygen atoms in total. The zero-order valence-corrected chi connectivity index (χ0v) is 19.4. The van der Waals surface area contributed by atoms with E-state index in [2.05, 4.69) is 15.0 Å². The molecule has 4 rings (SSSR count). The molecule has 1 aliphatic rings. The fraction of sp³-hybridized carbons (Fsp3) is 0.333. The van der Waals surface area contributed by atoms with E-state index in [0.717, 1.165) is 33.3 Å². The number of nitrogens with zero attached hydrogens (tertiary/aromatic N) is 1. The van der Waals surface area contributed by atoms with Crippen LogP contribution >= 0.6 is 22.7 Å². The van der Waals surface area contributed by atoms with Crippen LogP contribution in [0.1, 0.15) is 33.1 Å². The average Bonchev–Trinajstić information content (AvgIpc) is 3.52. The fourth-order valence-corrected chi connectivity index (χ4v) is 5.90. The summed E-state index contributed by atoms with van der Waals surface area (Å²) in [5.74, 6) is -0.254. The first-order valence-corrected chi connectivity index (χ1v) is 13.1. The molecule has 0 unspecified atom stereocenters. The van der Waals surface area contributed by atoms with Crippen molar-refractivity contribution in [2.75, 3.05) is 13.2 Å². The summed E-state index contributed by atoms with van der Waals surface area (Å²) in [4.78, 5) is 19.2. The third kappa shape index (κ3) is 5.58. The summed E-state index contributed by atoms with van der Waals surface area (Å²) >= 11 is 3.20. The number of sulfonamides is 1. The van der Waals surface area contributed by atoms with Crippen molar-refractivity contribution in [3.05, 3.63) is 57.2 Å². The summed E-state index contributed by atoms with van der Waals surface area (Å²) < 4.78 is 32.9. The van der Waals surface area contributed by atoms with Crippen molar-refractivity contribution in [1.82, 2.24) is 15.0 Å². The topological polar surface area (TPSA) is 97.4 Å². The highest BCUT2D eigenvalue weighted by atomic mass is 32.2. The summed E-state index contributed by atoms with van der Waals surface area (Å²) in [7, 11) is -3.63. The highest BCUT2D eigenvalue weighted by Crippen LogP contribution is 2.29. The van der Waals surface area contributed by atoms with E-state index in [0.29, 0.717) is 18.7 Å². The van der Waals surface area contributed by atoms with Gasteiger partial charge in [-0.3, -0.25) is 4.79 Å². The third-order valence-electron chi connectivity index (χ3n) is 4.91. The minimum Gasteiger partial charge on any atom is -0.377 e. The number of thiazole rings is 1. The van der Waals surface area contributed by atoms with E-state index in [4.69, 9.17) is 4.74 Å². The molecule has 0 spiro atoms. The van der Waals surface area contributed by atoms with Crippen molar-refractivity contribution >= 4 is 38.6 Å². The maximum Gasteiger partial charge on any atom is 0.251 e. The molecule has 0 aliphatic carbocycles. The van der Waals surface area contributed by atoms with Crippen LogP contribution in [-0.2, 0) is 21.3 Å². The summed E-state index contributed by atoms with van der Waals surface area (Å²) in [6.45, 7) is 3.30. The van der Waals surface area contributed by atoms with E-state index in [9.17, 15) is 13.2 Å². The van der Waals surface area contributed by atoms with Crippen molar-refractivity contribution in [2.45, 2.75) is 37.3 Å². The number of nitrogens with one attached hydrogen (secondary N) is 2. The number of thiophene rings is 1. The van der Waals surface area contributed by atoms with Crippen LogP contribution < -0.4 is 10.0 Å². The van der Waals surface area contributed by atoms with Crippen molar-refractivity contribution in [3.63, 3.8) is 0 Å². The number of carbonyl (C=O) groups is 1. The van der Waals surface area contributed by atoms with Gasteiger partial charge < -0.3 is 10.1 Å². The van der Waals surface area contributed by atoms with Crippen molar-refractivity contribution in [3.8, 4) is 10.6 Å². The first-order chi connectivity index (χ1) is 14.9. The van der Waals surface area contributed by atoms with Crippen LogP contribution in [0.3, 0.4) is 0 Å². The number of hydrogen-bond acceptors (Lipinski definition) is 7. The second-order valence-electron chi connectivity index (χ2n) is 7.21. The molecule has 10 heteroatoms. The van der Waals surface area contributed by atoms with Crippen LogP contribution in [0.5, 0.6) is 0 Å². The lowest BCUT2D eigenvalue weighted by molar-refractivity contribution is 0.0951. The molecule has 0 radical (unpaired) electrons. The van der Waals surface area contributed by atoms with Gasteiger partial charge in [-0.05, 0) is 56.2 Å². The van der Waals surface area contributed by atoms with Crippen molar-refractivity contribution in [2.24, 2.45) is 0 Å². The molecule has 1 saturated heterocycles. The predicted molar refractivity (Wildman–Crippen MR) is 122 cm³/mol. The van der Waals surface area contributed by atoms with E-state index in [1.54, 1.807) is 22.7 Å². The molecule has 3 heterocycles.